The summed E-state index contributed by atoms with van der Waals surface area (Å²) in [7, 11) is 1.29. The third kappa shape index (κ3) is 4.61. The predicted octanol–water partition coefficient (Wildman–Crippen LogP) is 3.77. The molecule has 0 aliphatic rings. The number of methoxy groups -OCH3 is 1. The lowest BCUT2D eigenvalue weighted by Crippen LogP contribution is -2.43. The molecule has 0 unspecified atom stereocenters. The second-order valence-corrected chi connectivity index (χ2v) is 7.18. The van der Waals surface area contributed by atoms with Crippen molar-refractivity contribution in [2.24, 2.45) is 0 Å². The summed E-state index contributed by atoms with van der Waals surface area (Å²) >= 11 is 1.20. The lowest BCUT2D eigenvalue weighted by Gasteiger charge is -2.16. The number of carbonyl (C=O) groups excluding carboxylic acids is 2. The van der Waals surface area contributed by atoms with Gasteiger partial charge in [0, 0.05) is 12.0 Å². The van der Waals surface area contributed by atoms with Gasteiger partial charge in [-0.3, -0.25) is 4.79 Å². The van der Waals surface area contributed by atoms with Crippen LogP contribution in [0.25, 0.3) is 10.6 Å². The van der Waals surface area contributed by atoms with E-state index in [1.165, 1.54) is 30.6 Å². The van der Waals surface area contributed by atoms with Crippen LogP contribution in [-0.2, 0) is 16.0 Å². The summed E-state index contributed by atoms with van der Waals surface area (Å²) in [5.74, 6) is -1.25. The predicted molar refractivity (Wildman–Crippen MR) is 106 cm³/mol. The average molecular weight is 398 g/mol. The van der Waals surface area contributed by atoms with Crippen LogP contribution >= 0.6 is 11.3 Å². The maximum absolute atomic E-state index is 13.1. The maximum Gasteiger partial charge on any atom is 0.328 e. The summed E-state index contributed by atoms with van der Waals surface area (Å²) in [6, 6.07) is 14.5. The van der Waals surface area contributed by atoms with Gasteiger partial charge in [-0.25, -0.2) is 14.2 Å². The zero-order valence-electron chi connectivity index (χ0n) is 15.4. The molecule has 144 valence electrons. The van der Waals surface area contributed by atoms with Gasteiger partial charge >= 0.3 is 5.97 Å². The third-order valence-electron chi connectivity index (χ3n) is 4.17. The molecule has 0 saturated carbocycles. The highest BCUT2D eigenvalue weighted by Crippen LogP contribution is 2.28. The summed E-state index contributed by atoms with van der Waals surface area (Å²) < 4.78 is 18.0. The monoisotopic (exact) mass is 398 g/mol. The van der Waals surface area contributed by atoms with E-state index in [0.29, 0.717) is 22.0 Å². The molecule has 1 atom stereocenters. The third-order valence-corrected chi connectivity index (χ3v) is 5.37. The van der Waals surface area contributed by atoms with Gasteiger partial charge in [0.05, 0.1) is 12.8 Å². The molecule has 0 aliphatic carbocycles. The first-order chi connectivity index (χ1) is 13.5. The SMILES string of the molecule is COC(=O)[C@H](Cc1ccccc1)NC(=O)c1sc(-c2ccc(F)cc2)nc1C. The van der Waals surface area contributed by atoms with E-state index in [9.17, 15) is 14.0 Å². The smallest absolute Gasteiger partial charge is 0.328 e. The molecule has 0 radical (unpaired) electrons. The van der Waals surface area contributed by atoms with Gasteiger partial charge in [-0.05, 0) is 36.8 Å². The molecule has 5 nitrogen and oxygen atoms in total. The van der Waals surface area contributed by atoms with Crippen LogP contribution in [0.15, 0.2) is 54.6 Å². The van der Waals surface area contributed by atoms with E-state index in [-0.39, 0.29) is 5.82 Å². The van der Waals surface area contributed by atoms with Crippen LogP contribution in [0.2, 0.25) is 0 Å². The molecule has 1 aromatic heterocycles. The van der Waals surface area contributed by atoms with E-state index in [2.05, 4.69) is 10.3 Å². The van der Waals surface area contributed by atoms with Gasteiger partial charge in [0.15, 0.2) is 0 Å². The first kappa shape index (κ1) is 19.7. The zero-order valence-corrected chi connectivity index (χ0v) is 16.3. The van der Waals surface area contributed by atoms with Gasteiger partial charge in [-0.1, -0.05) is 30.3 Å². The van der Waals surface area contributed by atoms with Crippen molar-refractivity contribution in [3.63, 3.8) is 0 Å². The van der Waals surface area contributed by atoms with Gasteiger partial charge in [0.25, 0.3) is 5.91 Å². The number of hydrogen-bond acceptors (Lipinski definition) is 5. The molecule has 0 aliphatic heterocycles. The number of carbonyl (C=O) groups is 2. The molecule has 1 heterocycles. The number of nitrogens with one attached hydrogen (secondary N) is 1. The Labute approximate surface area is 166 Å². The van der Waals surface area contributed by atoms with Gasteiger partial charge in [0.1, 0.15) is 21.7 Å². The van der Waals surface area contributed by atoms with Crippen LogP contribution in [0.3, 0.4) is 0 Å². The minimum absolute atomic E-state index is 0.321. The molecular formula is C21H19FN2O3S. The number of thiazole rings is 1. The highest BCUT2D eigenvalue weighted by atomic mass is 32.1. The number of aryl methyl sites for hydroxylation is 1. The molecule has 3 rings (SSSR count). The van der Waals surface area contributed by atoms with Gasteiger partial charge in [0.2, 0.25) is 0 Å². The number of benzene rings is 2. The Morgan fingerprint density at radius 3 is 2.46 bits per heavy atom. The molecule has 2 aromatic carbocycles. The quantitative estimate of drug-likeness (QED) is 0.642. The minimum Gasteiger partial charge on any atom is -0.467 e. The summed E-state index contributed by atoms with van der Waals surface area (Å²) in [5.41, 5.74) is 2.18. The second kappa shape index (κ2) is 8.75. The first-order valence-corrected chi connectivity index (χ1v) is 9.45. The molecule has 0 spiro atoms. The Kier molecular flexibility index (Phi) is 6.16. The Hall–Kier alpha value is -3.06. The number of rotatable bonds is 6. The summed E-state index contributed by atoms with van der Waals surface area (Å²) in [5, 5.41) is 3.36. The van der Waals surface area contributed by atoms with Crippen molar-refractivity contribution in [3.05, 3.63) is 76.5 Å². The number of halogens is 1. The summed E-state index contributed by atoms with van der Waals surface area (Å²) in [4.78, 5) is 29.7. The normalized spacial score (nSPS) is 11.7. The summed E-state index contributed by atoms with van der Waals surface area (Å²) in [6.45, 7) is 1.72. The molecule has 0 bridgehead atoms. The fourth-order valence-electron chi connectivity index (χ4n) is 2.73. The van der Waals surface area contributed by atoms with Crippen LogP contribution in [-0.4, -0.2) is 30.0 Å². The minimum atomic E-state index is -0.810. The standard InChI is InChI=1S/C21H19FN2O3S/c1-13-18(28-20(23-13)15-8-10-16(22)11-9-15)19(25)24-17(21(26)27-2)12-14-6-4-3-5-7-14/h3-11,17H,12H2,1-2H3,(H,24,25)/t17-/m0/s1. The zero-order chi connectivity index (χ0) is 20.1. The average Bonchev–Trinajstić information content (AvgIpc) is 3.10. The number of ether oxygens (including phenoxy) is 1. The highest BCUT2D eigenvalue weighted by molar-refractivity contribution is 7.17. The molecule has 0 saturated heterocycles. The lowest BCUT2D eigenvalue weighted by molar-refractivity contribution is -0.142. The largest absolute Gasteiger partial charge is 0.467 e. The van der Waals surface area contributed by atoms with E-state index in [1.807, 2.05) is 30.3 Å². The summed E-state index contributed by atoms with van der Waals surface area (Å²) in [6.07, 6.45) is 0.321. The van der Waals surface area contributed by atoms with E-state index >= 15 is 0 Å². The Bertz CT molecular complexity index is 971. The van der Waals surface area contributed by atoms with E-state index in [4.69, 9.17) is 4.74 Å². The number of aromatic nitrogens is 1. The van der Waals surface area contributed by atoms with Crippen LogP contribution in [0.1, 0.15) is 20.9 Å². The van der Waals surface area contributed by atoms with E-state index in [1.54, 1.807) is 19.1 Å². The molecule has 7 heteroatoms. The van der Waals surface area contributed by atoms with Gasteiger partial charge < -0.3 is 10.1 Å². The molecule has 1 N–H and O–H groups in total. The van der Waals surface area contributed by atoms with Crippen molar-refractivity contribution < 1.29 is 18.7 Å². The fourth-order valence-corrected chi connectivity index (χ4v) is 3.71. The molecule has 0 fully saturated rings. The molecule has 3 aromatic rings. The van der Waals surface area contributed by atoms with E-state index < -0.39 is 17.9 Å². The fraction of sp³-hybridized carbons (Fsp3) is 0.190. The van der Waals surface area contributed by atoms with Crippen molar-refractivity contribution in [1.82, 2.24) is 10.3 Å². The number of amides is 1. The highest BCUT2D eigenvalue weighted by Gasteiger charge is 2.25. The first-order valence-electron chi connectivity index (χ1n) is 8.64. The second-order valence-electron chi connectivity index (χ2n) is 6.18. The van der Waals surface area contributed by atoms with E-state index in [0.717, 1.165) is 11.1 Å². The Morgan fingerprint density at radius 2 is 1.82 bits per heavy atom. The lowest BCUT2D eigenvalue weighted by atomic mass is 10.1. The van der Waals surface area contributed by atoms with Crippen molar-refractivity contribution in [2.75, 3.05) is 7.11 Å². The number of nitrogens with zero attached hydrogens (tertiary/aromatic N) is 1. The molecular weight excluding hydrogens is 379 g/mol. The molecule has 1 amide bonds. The van der Waals surface area contributed by atoms with Crippen molar-refractivity contribution in [3.8, 4) is 10.6 Å². The van der Waals surface area contributed by atoms with Gasteiger partial charge in [-0.15, -0.1) is 11.3 Å². The van der Waals surface area contributed by atoms with Crippen LogP contribution < -0.4 is 5.32 Å². The van der Waals surface area contributed by atoms with Crippen LogP contribution in [0.4, 0.5) is 4.39 Å². The van der Waals surface area contributed by atoms with Crippen LogP contribution in [0.5, 0.6) is 0 Å². The Balaban J connectivity index is 1.80. The number of esters is 1. The number of hydrogen-bond donors (Lipinski definition) is 1. The van der Waals surface area contributed by atoms with Crippen molar-refractivity contribution in [2.45, 2.75) is 19.4 Å². The van der Waals surface area contributed by atoms with Gasteiger partial charge in [-0.2, -0.15) is 0 Å². The maximum atomic E-state index is 13.1. The Morgan fingerprint density at radius 1 is 1.14 bits per heavy atom. The van der Waals surface area contributed by atoms with Crippen LogP contribution in [0, 0.1) is 12.7 Å². The molecule has 28 heavy (non-hydrogen) atoms. The van der Waals surface area contributed by atoms with Crippen molar-refractivity contribution in [1.29, 1.82) is 0 Å². The topological polar surface area (TPSA) is 68.3 Å². The van der Waals surface area contributed by atoms with Crippen molar-refractivity contribution >= 4 is 23.2 Å².